The van der Waals surface area contributed by atoms with Gasteiger partial charge in [0, 0.05) is 12.6 Å². The Labute approximate surface area is 168 Å². The number of likely N-dealkylation sites (tertiary alicyclic amines) is 1. The van der Waals surface area contributed by atoms with Crippen molar-refractivity contribution in [3.63, 3.8) is 0 Å². The van der Waals surface area contributed by atoms with Crippen LogP contribution in [0.5, 0.6) is 5.75 Å². The first-order valence-corrected chi connectivity index (χ1v) is 10.8. The van der Waals surface area contributed by atoms with Gasteiger partial charge in [-0.3, -0.25) is 4.90 Å². The minimum Gasteiger partial charge on any atom is -0.492 e. The van der Waals surface area contributed by atoms with E-state index in [9.17, 15) is 21.6 Å². The van der Waals surface area contributed by atoms with Gasteiger partial charge in [-0.05, 0) is 50.2 Å². The van der Waals surface area contributed by atoms with Crippen molar-refractivity contribution < 1.29 is 26.3 Å². The van der Waals surface area contributed by atoms with Crippen LogP contribution in [0.1, 0.15) is 18.4 Å². The number of nitrogens with one attached hydrogen (secondary N) is 1. The molecule has 1 aliphatic rings. The predicted molar refractivity (Wildman–Crippen MR) is 103 cm³/mol. The third kappa shape index (κ3) is 5.94. The summed E-state index contributed by atoms with van der Waals surface area (Å²) in [5.41, 5.74) is -0.783. The molecule has 5 nitrogen and oxygen atoms in total. The Morgan fingerprint density at radius 2 is 1.62 bits per heavy atom. The molecule has 29 heavy (non-hydrogen) atoms. The molecule has 0 saturated carbocycles. The normalized spacial score (nSPS) is 16.7. The van der Waals surface area contributed by atoms with Gasteiger partial charge in [0.1, 0.15) is 12.4 Å². The molecule has 2 aromatic rings. The lowest BCUT2D eigenvalue weighted by molar-refractivity contribution is -0.139. The van der Waals surface area contributed by atoms with Crippen LogP contribution in [-0.2, 0) is 16.2 Å². The summed E-state index contributed by atoms with van der Waals surface area (Å²) in [5, 5.41) is 0. The lowest BCUT2D eigenvalue weighted by Gasteiger charge is -2.32. The summed E-state index contributed by atoms with van der Waals surface area (Å²) in [6, 6.07) is 13.2. The van der Waals surface area contributed by atoms with E-state index in [0.29, 0.717) is 32.5 Å². The monoisotopic (exact) mass is 428 g/mol. The zero-order chi connectivity index (χ0) is 20.9. The van der Waals surface area contributed by atoms with Gasteiger partial charge in [-0.15, -0.1) is 0 Å². The Balaban J connectivity index is 1.45. The van der Waals surface area contributed by atoms with E-state index in [1.165, 1.54) is 18.2 Å². The molecule has 9 heteroatoms. The first-order valence-electron chi connectivity index (χ1n) is 9.34. The van der Waals surface area contributed by atoms with Crippen molar-refractivity contribution >= 4 is 10.0 Å². The van der Waals surface area contributed by atoms with Gasteiger partial charge in [-0.25, -0.2) is 13.1 Å². The zero-order valence-corrected chi connectivity index (χ0v) is 16.5. The molecule has 0 spiro atoms. The number of ether oxygens (including phenoxy) is 1. The maximum absolute atomic E-state index is 13.0. The molecule has 0 bridgehead atoms. The Kier molecular flexibility index (Phi) is 6.81. The summed E-state index contributed by atoms with van der Waals surface area (Å²) in [7, 11) is -3.55. The van der Waals surface area contributed by atoms with Crippen molar-refractivity contribution in [3.8, 4) is 5.75 Å². The van der Waals surface area contributed by atoms with Crippen LogP contribution in [-0.4, -0.2) is 45.6 Å². The van der Waals surface area contributed by atoms with Crippen molar-refractivity contribution in [2.45, 2.75) is 30.0 Å². The molecule has 1 N–H and O–H groups in total. The summed E-state index contributed by atoms with van der Waals surface area (Å²) in [5.74, 6) is -0.175. The smallest absolute Gasteiger partial charge is 0.419 e. The maximum Gasteiger partial charge on any atom is 0.419 e. The van der Waals surface area contributed by atoms with Crippen LogP contribution >= 0.6 is 0 Å². The molecule has 1 saturated heterocycles. The van der Waals surface area contributed by atoms with Gasteiger partial charge in [-0.2, -0.15) is 13.2 Å². The summed E-state index contributed by atoms with van der Waals surface area (Å²) < 4.78 is 71.8. The van der Waals surface area contributed by atoms with Gasteiger partial charge in [0.15, 0.2) is 0 Å². The van der Waals surface area contributed by atoms with E-state index in [-0.39, 0.29) is 23.3 Å². The van der Waals surface area contributed by atoms with Gasteiger partial charge in [0.05, 0.1) is 10.5 Å². The lowest BCUT2D eigenvalue weighted by atomic mass is 10.1. The fraction of sp³-hybridized carbons (Fsp3) is 0.400. The minimum absolute atomic E-state index is 0.132. The number of nitrogens with zero attached hydrogens (tertiary/aromatic N) is 1. The molecule has 0 amide bonds. The third-order valence-electron chi connectivity index (χ3n) is 4.82. The number of hydrogen-bond donors (Lipinski definition) is 1. The van der Waals surface area contributed by atoms with E-state index in [1.54, 1.807) is 30.3 Å². The van der Waals surface area contributed by atoms with Crippen LogP contribution in [0, 0.1) is 0 Å². The molecule has 0 aliphatic carbocycles. The molecule has 3 rings (SSSR count). The van der Waals surface area contributed by atoms with E-state index in [2.05, 4.69) is 9.62 Å². The highest BCUT2D eigenvalue weighted by molar-refractivity contribution is 7.89. The van der Waals surface area contributed by atoms with Crippen LogP contribution in [0.25, 0.3) is 0 Å². The molecule has 0 aromatic heterocycles. The fourth-order valence-electron chi connectivity index (χ4n) is 3.27. The van der Waals surface area contributed by atoms with Gasteiger partial charge >= 0.3 is 6.18 Å². The summed E-state index contributed by atoms with van der Waals surface area (Å²) >= 11 is 0. The Hall–Kier alpha value is -2.10. The van der Waals surface area contributed by atoms with Gasteiger partial charge in [-0.1, -0.05) is 30.3 Å². The van der Waals surface area contributed by atoms with Crippen LogP contribution < -0.4 is 9.46 Å². The van der Waals surface area contributed by atoms with Crippen molar-refractivity contribution in [2.24, 2.45) is 0 Å². The number of rotatable bonds is 7. The van der Waals surface area contributed by atoms with Crippen molar-refractivity contribution in [3.05, 3.63) is 60.2 Å². The van der Waals surface area contributed by atoms with Crippen LogP contribution in [0.2, 0.25) is 0 Å². The minimum atomic E-state index is -4.45. The average Bonchev–Trinajstić information content (AvgIpc) is 2.69. The lowest BCUT2D eigenvalue weighted by Crippen LogP contribution is -2.45. The highest BCUT2D eigenvalue weighted by atomic mass is 32.2. The fourth-order valence-corrected chi connectivity index (χ4v) is 4.60. The number of alkyl halides is 3. The highest BCUT2D eigenvalue weighted by Gasteiger charge is 2.34. The first-order chi connectivity index (χ1) is 13.8. The van der Waals surface area contributed by atoms with Gasteiger partial charge in [0.25, 0.3) is 0 Å². The molecule has 0 atom stereocenters. The number of sulfonamides is 1. The molecule has 1 aliphatic heterocycles. The van der Waals surface area contributed by atoms with Crippen molar-refractivity contribution in [2.75, 3.05) is 26.2 Å². The van der Waals surface area contributed by atoms with Crippen LogP contribution in [0.4, 0.5) is 13.2 Å². The molecule has 1 fully saturated rings. The second-order valence-electron chi connectivity index (χ2n) is 6.89. The second-order valence-corrected chi connectivity index (χ2v) is 8.61. The second kappa shape index (κ2) is 9.15. The Bertz CT molecular complexity index is 897. The SMILES string of the molecule is O=S(=O)(NC1CCN(CCOc2ccccc2C(F)(F)F)CC1)c1ccccc1. The molecule has 0 unspecified atom stereocenters. The van der Waals surface area contributed by atoms with E-state index in [0.717, 1.165) is 6.07 Å². The van der Waals surface area contributed by atoms with Crippen LogP contribution in [0.15, 0.2) is 59.5 Å². The largest absolute Gasteiger partial charge is 0.492 e. The summed E-state index contributed by atoms with van der Waals surface area (Å²) in [4.78, 5) is 2.29. The number of piperidine rings is 1. The maximum atomic E-state index is 13.0. The molecule has 158 valence electrons. The molecular weight excluding hydrogens is 405 g/mol. The first kappa shape index (κ1) is 21.6. The van der Waals surface area contributed by atoms with Crippen molar-refractivity contribution in [1.82, 2.24) is 9.62 Å². The number of halogens is 3. The predicted octanol–water partition coefficient (Wildman–Crippen LogP) is 3.53. The van der Waals surface area contributed by atoms with E-state index >= 15 is 0 Å². The van der Waals surface area contributed by atoms with Crippen molar-refractivity contribution in [1.29, 1.82) is 0 Å². The summed E-state index contributed by atoms with van der Waals surface area (Å²) in [6.07, 6.45) is -3.19. The molecule has 1 heterocycles. The average molecular weight is 428 g/mol. The molecule has 2 aromatic carbocycles. The zero-order valence-electron chi connectivity index (χ0n) is 15.7. The summed E-state index contributed by atoms with van der Waals surface area (Å²) in [6.45, 7) is 1.90. The van der Waals surface area contributed by atoms with Crippen LogP contribution in [0.3, 0.4) is 0 Å². The number of hydrogen-bond acceptors (Lipinski definition) is 4. The third-order valence-corrected chi connectivity index (χ3v) is 6.36. The topological polar surface area (TPSA) is 58.6 Å². The molecular formula is C20H23F3N2O3S. The van der Waals surface area contributed by atoms with E-state index in [1.807, 2.05) is 0 Å². The highest BCUT2D eigenvalue weighted by Crippen LogP contribution is 2.35. The van der Waals surface area contributed by atoms with E-state index < -0.39 is 21.8 Å². The Morgan fingerprint density at radius 3 is 2.28 bits per heavy atom. The molecule has 0 radical (unpaired) electrons. The van der Waals surface area contributed by atoms with Gasteiger partial charge < -0.3 is 4.74 Å². The van der Waals surface area contributed by atoms with Gasteiger partial charge in [0.2, 0.25) is 10.0 Å². The standard InChI is InChI=1S/C20H23F3N2O3S/c21-20(22,23)18-8-4-5-9-19(18)28-15-14-25-12-10-16(11-13-25)24-29(26,27)17-6-2-1-3-7-17/h1-9,16,24H,10-15H2. The van der Waals surface area contributed by atoms with E-state index in [4.69, 9.17) is 4.74 Å². The number of benzene rings is 2. The number of para-hydroxylation sites is 1. The quantitative estimate of drug-likeness (QED) is 0.733. The Morgan fingerprint density at radius 1 is 1.00 bits per heavy atom.